The van der Waals surface area contributed by atoms with E-state index in [9.17, 15) is 9.90 Å². The summed E-state index contributed by atoms with van der Waals surface area (Å²) in [6, 6.07) is 3.66. The third-order valence-electron chi connectivity index (χ3n) is 3.91. The summed E-state index contributed by atoms with van der Waals surface area (Å²) in [6.07, 6.45) is 4.94. The number of likely N-dealkylation sites (tertiary alicyclic amines) is 1. The third-order valence-corrected chi connectivity index (χ3v) is 3.91. The number of pyridine rings is 1. The van der Waals surface area contributed by atoms with Gasteiger partial charge in [-0.2, -0.15) is 0 Å². The second-order valence-electron chi connectivity index (χ2n) is 6.00. The Kier molecular flexibility index (Phi) is 5.17. The van der Waals surface area contributed by atoms with Gasteiger partial charge in [0.25, 0.3) is 5.91 Å². The summed E-state index contributed by atoms with van der Waals surface area (Å²) >= 11 is 0. The molecule has 0 radical (unpaired) electrons. The van der Waals surface area contributed by atoms with E-state index < -0.39 is 5.60 Å². The van der Waals surface area contributed by atoms with Crippen LogP contribution >= 0.6 is 0 Å². The van der Waals surface area contributed by atoms with Gasteiger partial charge < -0.3 is 15.3 Å². The fourth-order valence-electron chi connectivity index (χ4n) is 2.52. The molecule has 0 aliphatic carbocycles. The zero-order valence-electron chi connectivity index (χ0n) is 12.9. The monoisotopic (exact) mass is 291 g/mol. The van der Waals surface area contributed by atoms with Gasteiger partial charge in [0, 0.05) is 19.6 Å². The number of aliphatic hydroxyl groups is 1. The van der Waals surface area contributed by atoms with Gasteiger partial charge in [-0.25, -0.2) is 4.98 Å². The number of carbonyl (C=O) groups is 1. The molecule has 2 rings (SSSR count). The summed E-state index contributed by atoms with van der Waals surface area (Å²) in [5, 5.41) is 13.3. The fraction of sp³-hybridized carbons (Fsp3) is 0.625. The Labute approximate surface area is 126 Å². The van der Waals surface area contributed by atoms with Crippen LogP contribution in [0.5, 0.6) is 0 Å². The number of carbonyl (C=O) groups excluding carboxylic acids is 1. The first-order chi connectivity index (χ1) is 10.0. The van der Waals surface area contributed by atoms with Crippen LogP contribution in [-0.2, 0) is 0 Å². The number of hydrogen-bond donors (Lipinski definition) is 2. The van der Waals surface area contributed by atoms with Crippen molar-refractivity contribution in [3.63, 3.8) is 0 Å². The molecule has 0 bridgehead atoms. The SMILES string of the molecule is CCCNc1ccc(C(=O)N2CCCC(C)(O)CC2)nc1. The van der Waals surface area contributed by atoms with Gasteiger partial charge in [-0.15, -0.1) is 0 Å². The van der Waals surface area contributed by atoms with Crippen molar-refractivity contribution in [3.8, 4) is 0 Å². The number of nitrogens with zero attached hydrogens (tertiary/aromatic N) is 2. The minimum atomic E-state index is -0.656. The Bertz CT molecular complexity index is 471. The molecule has 1 aliphatic heterocycles. The average Bonchev–Trinajstić information content (AvgIpc) is 2.66. The van der Waals surface area contributed by atoms with Crippen LogP contribution in [0.4, 0.5) is 5.69 Å². The van der Waals surface area contributed by atoms with E-state index in [0.717, 1.165) is 31.5 Å². The largest absolute Gasteiger partial charge is 0.390 e. The predicted octanol–water partition coefficient (Wildman–Crippen LogP) is 2.28. The van der Waals surface area contributed by atoms with Crippen LogP contribution < -0.4 is 5.32 Å². The van der Waals surface area contributed by atoms with Crippen LogP contribution in [0, 0.1) is 0 Å². The lowest BCUT2D eigenvalue weighted by molar-refractivity contribution is 0.0437. The highest BCUT2D eigenvalue weighted by Crippen LogP contribution is 2.22. The molecule has 5 heteroatoms. The smallest absolute Gasteiger partial charge is 0.272 e. The quantitative estimate of drug-likeness (QED) is 0.893. The second-order valence-corrected chi connectivity index (χ2v) is 6.00. The lowest BCUT2D eigenvalue weighted by Crippen LogP contribution is -2.34. The van der Waals surface area contributed by atoms with Gasteiger partial charge in [0.1, 0.15) is 5.69 Å². The van der Waals surface area contributed by atoms with Crippen molar-refractivity contribution >= 4 is 11.6 Å². The Morgan fingerprint density at radius 1 is 1.43 bits per heavy atom. The van der Waals surface area contributed by atoms with Crippen molar-refractivity contribution < 1.29 is 9.90 Å². The molecule has 21 heavy (non-hydrogen) atoms. The van der Waals surface area contributed by atoms with Crippen LogP contribution in [0.1, 0.15) is 50.0 Å². The van der Waals surface area contributed by atoms with Gasteiger partial charge in [0.05, 0.1) is 17.5 Å². The molecule has 1 unspecified atom stereocenters. The summed E-state index contributed by atoms with van der Waals surface area (Å²) in [5.74, 6) is -0.0465. The van der Waals surface area contributed by atoms with E-state index in [-0.39, 0.29) is 5.91 Å². The van der Waals surface area contributed by atoms with Crippen LogP contribution in [0.3, 0.4) is 0 Å². The molecule has 1 atom stereocenters. The number of anilines is 1. The van der Waals surface area contributed by atoms with Gasteiger partial charge >= 0.3 is 0 Å². The molecular formula is C16H25N3O2. The Hall–Kier alpha value is -1.62. The van der Waals surface area contributed by atoms with Crippen molar-refractivity contribution in [2.75, 3.05) is 25.0 Å². The van der Waals surface area contributed by atoms with Crippen molar-refractivity contribution in [2.45, 2.75) is 45.1 Å². The summed E-state index contributed by atoms with van der Waals surface area (Å²) in [4.78, 5) is 18.5. The summed E-state index contributed by atoms with van der Waals surface area (Å²) in [7, 11) is 0. The zero-order chi connectivity index (χ0) is 15.3. The minimum Gasteiger partial charge on any atom is -0.390 e. The Morgan fingerprint density at radius 3 is 2.90 bits per heavy atom. The molecule has 1 fully saturated rings. The minimum absolute atomic E-state index is 0.0465. The van der Waals surface area contributed by atoms with E-state index in [0.29, 0.717) is 25.2 Å². The molecular weight excluding hydrogens is 266 g/mol. The molecule has 5 nitrogen and oxygen atoms in total. The predicted molar refractivity (Wildman–Crippen MR) is 83.4 cm³/mol. The lowest BCUT2D eigenvalue weighted by atomic mass is 9.98. The van der Waals surface area contributed by atoms with Crippen LogP contribution in [0.2, 0.25) is 0 Å². The van der Waals surface area contributed by atoms with E-state index in [4.69, 9.17) is 0 Å². The van der Waals surface area contributed by atoms with Crippen molar-refractivity contribution in [2.24, 2.45) is 0 Å². The van der Waals surface area contributed by atoms with Crippen LogP contribution in [0.25, 0.3) is 0 Å². The molecule has 0 aromatic carbocycles. The molecule has 2 heterocycles. The number of nitrogens with one attached hydrogen (secondary N) is 1. The fourth-order valence-corrected chi connectivity index (χ4v) is 2.52. The van der Waals surface area contributed by atoms with Gasteiger partial charge in [-0.05, 0) is 44.7 Å². The summed E-state index contributed by atoms with van der Waals surface area (Å²) in [5.41, 5.74) is 0.752. The second kappa shape index (κ2) is 6.89. The maximum absolute atomic E-state index is 12.5. The third kappa shape index (κ3) is 4.43. The Balaban J connectivity index is 1.99. The van der Waals surface area contributed by atoms with Gasteiger partial charge in [0.2, 0.25) is 0 Å². The lowest BCUT2D eigenvalue weighted by Gasteiger charge is -2.22. The average molecular weight is 291 g/mol. The van der Waals surface area contributed by atoms with Crippen molar-refractivity contribution in [1.29, 1.82) is 0 Å². The standard InChI is InChI=1S/C16H25N3O2/c1-3-9-17-13-5-6-14(18-12-13)15(20)19-10-4-7-16(2,21)8-11-19/h5-6,12,17,21H,3-4,7-11H2,1-2H3. The van der Waals surface area contributed by atoms with Gasteiger partial charge in [0.15, 0.2) is 0 Å². The van der Waals surface area contributed by atoms with E-state index in [1.807, 2.05) is 13.0 Å². The number of aromatic nitrogens is 1. The highest BCUT2D eigenvalue weighted by Gasteiger charge is 2.27. The van der Waals surface area contributed by atoms with E-state index in [1.165, 1.54) is 0 Å². The maximum Gasteiger partial charge on any atom is 0.272 e. The maximum atomic E-state index is 12.5. The molecule has 1 amide bonds. The molecule has 0 saturated carbocycles. The van der Waals surface area contributed by atoms with E-state index in [2.05, 4.69) is 17.2 Å². The van der Waals surface area contributed by atoms with Gasteiger partial charge in [-0.3, -0.25) is 4.79 Å². The first kappa shape index (κ1) is 15.8. The van der Waals surface area contributed by atoms with E-state index >= 15 is 0 Å². The normalized spacial score (nSPS) is 22.7. The summed E-state index contributed by atoms with van der Waals surface area (Å²) in [6.45, 7) is 6.12. The number of amides is 1. The van der Waals surface area contributed by atoms with Crippen LogP contribution in [-0.4, -0.2) is 46.1 Å². The van der Waals surface area contributed by atoms with Gasteiger partial charge in [-0.1, -0.05) is 6.92 Å². The van der Waals surface area contributed by atoms with E-state index in [1.54, 1.807) is 17.2 Å². The molecule has 0 spiro atoms. The molecule has 116 valence electrons. The highest BCUT2D eigenvalue weighted by atomic mass is 16.3. The first-order valence-corrected chi connectivity index (χ1v) is 7.73. The molecule has 2 N–H and O–H groups in total. The summed E-state index contributed by atoms with van der Waals surface area (Å²) < 4.78 is 0. The van der Waals surface area contributed by atoms with Crippen molar-refractivity contribution in [1.82, 2.24) is 9.88 Å². The topological polar surface area (TPSA) is 65.5 Å². The zero-order valence-corrected chi connectivity index (χ0v) is 12.9. The van der Waals surface area contributed by atoms with Crippen LogP contribution in [0.15, 0.2) is 18.3 Å². The molecule has 1 saturated heterocycles. The van der Waals surface area contributed by atoms with Crippen molar-refractivity contribution in [3.05, 3.63) is 24.0 Å². The molecule has 1 aliphatic rings. The highest BCUT2D eigenvalue weighted by molar-refractivity contribution is 5.92. The molecule has 1 aromatic heterocycles. The first-order valence-electron chi connectivity index (χ1n) is 7.73. The molecule has 1 aromatic rings. The number of hydrogen-bond acceptors (Lipinski definition) is 4. The number of rotatable bonds is 4. The Morgan fingerprint density at radius 2 is 2.24 bits per heavy atom.